The Morgan fingerprint density at radius 1 is 1.12 bits per heavy atom. The summed E-state index contributed by atoms with van der Waals surface area (Å²) in [6.45, 7) is 0. The molecule has 1 aliphatic carbocycles. The van der Waals surface area contributed by atoms with Gasteiger partial charge in [-0.2, -0.15) is 0 Å². The van der Waals surface area contributed by atoms with Gasteiger partial charge in [-0.3, -0.25) is 0 Å². The van der Waals surface area contributed by atoms with E-state index in [1.807, 2.05) is 0 Å². The van der Waals surface area contributed by atoms with E-state index in [4.69, 9.17) is 15.2 Å². The molecule has 1 fully saturated rings. The van der Waals surface area contributed by atoms with Crippen LogP contribution in [0.4, 0.5) is 10.1 Å². The van der Waals surface area contributed by atoms with E-state index in [9.17, 15) is 4.39 Å². The smallest absolute Gasteiger partial charge is 0.251 e. The van der Waals surface area contributed by atoms with Gasteiger partial charge in [0.05, 0.1) is 0 Å². The Kier molecular flexibility index (Phi) is 1.99. The van der Waals surface area contributed by atoms with Crippen molar-refractivity contribution in [3.05, 3.63) is 17.9 Å². The Balaban J connectivity index is 1.96. The number of nitrogen functional groups attached to an aromatic ring is 1. The van der Waals surface area contributed by atoms with Gasteiger partial charge in [-0.05, 0) is 25.0 Å². The maximum Gasteiger partial charge on any atom is 0.251 e. The number of nitrogens with two attached hydrogens (primary N) is 1. The molecule has 0 unspecified atom stereocenters. The van der Waals surface area contributed by atoms with E-state index in [1.54, 1.807) is 6.07 Å². The molecule has 0 radical (unpaired) electrons. The molecule has 2 aliphatic rings. The Bertz CT molecular complexity index is 427. The summed E-state index contributed by atoms with van der Waals surface area (Å²) in [5.41, 5.74) is 5.70. The van der Waals surface area contributed by atoms with Crippen LogP contribution >= 0.6 is 0 Å². The molecule has 3 nitrogen and oxygen atoms in total. The largest absolute Gasteiger partial charge is 0.448 e. The highest BCUT2D eigenvalue weighted by Crippen LogP contribution is 2.48. The summed E-state index contributed by atoms with van der Waals surface area (Å²) in [5, 5.41) is 0. The molecule has 1 heterocycles. The average Bonchev–Trinajstić information content (AvgIpc) is 2.64. The Hall–Kier alpha value is -1.45. The van der Waals surface area contributed by atoms with Crippen molar-refractivity contribution in [1.29, 1.82) is 0 Å². The summed E-state index contributed by atoms with van der Waals surface area (Å²) in [6.07, 6.45) is 5.06. The van der Waals surface area contributed by atoms with Crippen molar-refractivity contribution in [3.63, 3.8) is 0 Å². The minimum absolute atomic E-state index is 0.0555. The quantitative estimate of drug-likeness (QED) is 0.688. The van der Waals surface area contributed by atoms with Crippen molar-refractivity contribution in [3.8, 4) is 11.5 Å². The van der Waals surface area contributed by atoms with Crippen LogP contribution in [0, 0.1) is 5.82 Å². The van der Waals surface area contributed by atoms with Gasteiger partial charge in [0, 0.05) is 12.8 Å². The topological polar surface area (TPSA) is 44.5 Å². The van der Waals surface area contributed by atoms with Gasteiger partial charge < -0.3 is 15.2 Å². The van der Waals surface area contributed by atoms with Crippen LogP contribution in [0.2, 0.25) is 0 Å². The molecule has 0 amide bonds. The fraction of sp³-hybridized carbons (Fsp3) is 0.500. The fourth-order valence-corrected chi connectivity index (χ4v) is 2.44. The third-order valence-electron chi connectivity index (χ3n) is 3.31. The molecule has 0 bridgehead atoms. The number of anilines is 1. The Labute approximate surface area is 93.3 Å². The number of rotatable bonds is 0. The SMILES string of the molecule is Nc1c(F)ccc2c1OC1(CCCCC1)O2. The summed E-state index contributed by atoms with van der Waals surface area (Å²) in [6, 6.07) is 2.91. The molecule has 86 valence electrons. The van der Waals surface area contributed by atoms with Crippen LogP contribution in [-0.2, 0) is 0 Å². The summed E-state index contributed by atoms with van der Waals surface area (Å²) in [7, 11) is 0. The van der Waals surface area contributed by atoms with Gasteiger partial charge in [0.15, 0.2) is 11.5 Å². The minimum Gasteiger partial charge on any atom is -0.448 e. The second kappa shape index (κ2) is 3.27. The molecule has 1 saturated carbocycles. The molecular weight excluding hydrogens is 209 g/mol. The van der Waals surface area contributed by atoms with Crippen molar-refractivity contribution in [2.45, 2.75) is 37.9 Å². The lowest BCUT2D eigenvalue weighted by Crippen LogP contribution is -2.40. The highest BCUT2D eigenvalue weighted by atomic mass is 19.1. The second-order valence-corrected chi connectivity index (χ2v) is 4.46. The van der Waals surface area contributed by atoms with Crippen LogP contribution in [0.25, 0.3) is 0 Å². The van der Waals surface area contributed by atoms with Crippen LogP contribution in [0.5, 0.6) is 11.5 Å². The van der Waals surface area contributed by atoms with Crippen LogP contribution in [0.15, 0.2) is 12.1 Å². The molecule has 1 aromatic carbocycles. The predicted octanol–water partition coefficient (Wildman–Crippen LogP) is 2.84. The van der Waals surface area contributed by atoms with E-state index in [0.717, 1.165) is 25.7 Å². The van der Waals surface area contributed by atoms with Gasteiger partial charge >= 0.3 is 0 Å². The number of hydrogen-bond donors (Lipinski definition) is 1. The summed E-state index contributed by atoms with van der Waals surface area (Å²) in [5.74, 6) is -0.0828. The molecule has 4 heteroatoms. The zero-order chi connectivity index (χ0) is 11.2. The second-order valence-electron chi connectivity index (χ2n) is 4.46. The third-order valence-corrected chi connectivity index (χ3v) is 3.31. The van der Waals surface area contributed by atoms with Crippen LogP contribution < -0.4 is 15.2 Å². The highest BCUT2D eigenvalue weighted by molar-refractivity contribution is 5.62. The van der Waals surface area contributed by atoms with Crippen molar-refractivity contribution < 1.29 is 13.9 Å². The van der Waals surface area contributed by atoms with Crippen LogP contribution in [-0.4, -0.2) is 5.79 Å². The zero-order valence-electron chi connectivity index (χ0n) is 8.96. The third kappa shape index (κ3) is 1.32. The summed E-state index contributed by atoms with van der Waals surface area (Å²) >= 11 is 0. The fourth-order valence-electron chi connectivity index (χ4n) is 2.44. The van der Waals surface area contributed by atoms with Gasteiger partial charge in [0.25, 0.3) is 5.79 Å². The summed E-state index contributed by atoms with van der Waals surface area (Å²) in [4.78, 5) is 0. The lowest BCUT2D eigenvalue weighted by Gasteiger charge is -2.31. The number of hydrogen-bond acceptors (Lipinski definition) is 3. The first-order valence-corrected chi connectivity index (χ1v) is 5.66. The van der Waals surface area contributed by atoms with Gasteiger partial charge in [-0.15, -0.1) is 0 Å². The van der Waals surface area contributed by atoms with E-state index in [0.29, 0.717) is 11.5 Å². The van der Waals surface area contributed by atoms with Crippen molar-refractivity contribution >= 4 is 5.69 Å². The van der Waals surface area contributed by atoms with Crippen molar-refractivity contribution in [2.75, 3.05) is 5.73 Å². The number of ether oxygens (including phenoxy) is 2. The molecule has 16 heavy (non-hydrogen) atoms. The first-order valence-electron chi connectivity index (χ1n) is 5.66. The van der Waals surface area contributed by atoms with E-state index in [1.165, 1.54) is 12.5 Å². The maximum atomic E-state index is 13.3. The molecule has 3 rings (SSSR count). The Morgan fingerprint density at radius 3 is 2.62 bits per heavy atom. The van der Waals surface area contributed by atoms with Gasteiger partial charge in [-0.1, -0.05) is 6.42 Å². The van der Waals surface area contributed by atoms with Gasteiger partial charge in [0.2, 0.25) is 0 Å². The Morgan fingerprint density at radius 2 is 1.88 bits per heavy atom. The van der Waals surface area contributed by atoms with Crippen LogP contribution in [0.3, 0.4) is 0 Å². The summed E-state index contributed by atoms with van der Waals surface area (Å²) < 4.78 is 24.8. The number of fused-ring (bicyclic) bond motifs is 1. The van der Waals surface area contributed by atoms with Gasteiger partial charge in [0.1, 0.15) is 11.5 Å². The normalized spacial score (nSPS) is 21.3. The molecule has 0 aromatic heterocycles. The zero-order valence-corrected chi connectivity index (χ0v) is 8.96. The standard InChI is InChI=1S/C12H14FNO2/c13-8-4-5-9-11(10(8)14)16-12(15-9)6-2-1-3-7-12/h4-5H,1-3,6-7,14H2. The predicted molar refractivity (Wildman–Crippen MR) is 57.9 cm³/mol. The molecular formula is C12H14FNO2. The molecule has 0 atom stereocenters. The molecule has 1 aromatic rings. The highest BCUT2D eigenvalue weighted by Gasteiger charge is 2.43. The lowest BCUT2D eigenvalue weighted by atomic mass is 9.94. The number of halogens is 1. The van der Waals surface area contributed by atoms with Crippen molar-refractivity contribution in [1.82, 2.24) is 0 Å². The van der Waals surface area contributed by atoms with E-state index < -0.39 is 11.6 Å². The average molecular weight is 223 g/mol. The molecule has 0 saturated heterocycles. The number of benzene rings is 1. The minimum atomic E-state index is -0.581. The molecule has 1 aliphatic heterocycles. The van der Waals surface area contributed by atoms with Gasteiger partial charge in [-0.25, -0.2) is 4.39 Å². The maximum absolute atomic E-state index is 13.3. The van der Waals surface area contributed by atoms with E-state index >= 15 is 0 Å². The lowest BCUT2D eigenvalue weighted by molar-refractivity contribution is -0.105. The molecule has 2 N–H and O–H groups in total. The van der Waals surface area contributed by atoms with E-state index in [2.05, 4.69) is 0 Å². The first kappa shape index (κ1) is 9.75. The molecule has 1 spiro atoms. The van der Waals surface area contributed by atoms with E-state index in [-0.39, 0.29) is 5.69 Å². The van der Waals surface area contributed by atoms with Crippen molar-refractivity contribution in [2.24, 2.45) is 0 Å². The monoisotopic (exact) mass is 223 g/mol. The van der Waals surface area contributed by atoms with Crippen LogP contribution in [0.1, 0.15) is 32.1 Å². The first-order chi connectivity index (χ1) is 7.70.